The average Bonchev–Trinajstić information content (AvgIpc) is 3.27. The van der Waals surface area contributed by atoms with Crippen molar-refractivity contribution < 1.29 is 23.1 Å². The van der Waals surface area contributed by atoms with E-state index in [1.165, 1.54) is 6.07 Å². The number of hydrogen-bond donors (Lipinski definition) is 0. The summed E-state index contributed by atoms with van der Waals surface area (Å²) in [6.45, 7) is 4.83. The normalized spacial score (nSPS) is 15.0. The van der Waals surface area contributed by atoms with Crippen molar-refractivity contribution in [2.75, 3.05) is 47.5 Å². The average molecular weight is 442 g/mol. The van der Waals surface area contributed by atoms with E-state index < -0.39 is 0 Å². The molecule has 32 heavy (non-hydrogen) atoms. The van der Waals surface area contributed by atoms with Gasteiger partial charge in [0.1, 0.15) is 5.82 Å². The van der Waals surface area contributed by atoms with Gasteiger partial charge in [-0.2, -0.15) is 4.98 Å². The van der Waals surface area contributed by atoms with Crippen LogP contribution in [0.3, 0.4) is 0 Å². The van der Waals surface area contributed by atoms with Crippen LogP contribution in [0.5, 0.6) is 17.2 Å². The molecule has 1 saturated heterocycles. The van der Waals surface area contributed by atoms with E-state index in [-0.39, 0.29) is 5.82 Å². The summed E-state index contributed by atoms with van der Waals surface area (Å²) in [5.74, 6) is 2.31. The number of ether oxygens (including phenoxy) is 3. The van der Waals surface area contributed by atoms with Gasteiger partial charge < -0.3 is 18.7 Å². The van der Waals surface area contributed by atoms with Crippen LogP contribution < -0.4 is 14.2 Å². The molecule has 2 aromatic carbocycles. The summed E-state index contributed by atoms with van der Waals surface area (Å²) < 4.78 is 35.2. The summed E-state index contributed by atoms with van der Waals surface area (Å²) in [6, 6.07) is 10.4. The molecule has 9 heteroatoms. The smallest absolute Gasteiger partial charge is 0.241 e. The van der Waals surface area contributed by atoms with Crippen LogP contribution >= 0.6 is 0 Å². The number of hydrogen-bond acceptors (Lipinski definition) is 8. The molecule has 8 nitrogen and oxygen atoms in total. The molecule has 1 aliphatic rings. The summed E-state index contributed by atoms with van der Waals surface area (Å²) in [7, 11) is 4.69. The van der Waals surface area contributed by atoms with E-state index in [0.29, 0.717) is 41.1 Å². The van der Waals surface area contributed by atoms with Crippen molar-refractivity contribution in [2.24, 2.45) is 0 Å². The first-order chi connectivity index (χ1) is 15.6. The zero-order valence-corrected chi connectivity index (χ0v) is 18.5. The SMILES string of the molecule is COc1ccc(-c2noc(CN3CCN(Cc4cccc(F)c4)CC3)n2)c(OC)c1OC. The summed E-state index contributed by atoms with van der Waals surface area (Å²) in [5, 5.41) is 4.14. The molecule has 1 fully saturated rings. The molecule has 0 aliphatic carbocycles. The quantitative estimate of drug-likeness (QED) is 0.527. The maximum Gasteiger partial charge on any atom is 0.241 e. The Kier molecular flexibility index (Phi) is 6.87. The lowest BCUT2D eigenvalue weighted by molar-refractivity contribution is 0.112. The fraction of sp³-hybridized carbons (Fsp3) is 0.391. The van der Waals surface area contributed by atoms with Gasteiger partial charge in [-0.3, -0.25) is 9.80 Å². The van der Waals surface area contributed by atoms with E-state index in [9.17, 15) is 4.39 Å². The largest absolute Gasteiger partial charge is 0.493 e. The van der Waals surface area contributed by atoms with Crippen LogP contribution in [-0.2, 0) is 13.1 Å². The van der Waals surface area contributed by atoms with Crippen LogP contribution in [0.25, 0.3) is 11.4 Å². The Morgan fingerprint density at radius 3 is 2.28 bits per heavy atom. The van der Waals surface area contributed by atoms with E-state index in [1.807, 2.05) is 12.1 Å². The fourth-order valence-electron chi connectivity index (χ4n) is 3.90. The Morgan fingerprint density at radius 2 is 1.62 bits per heavy atom. The van der Waals surface area contributed by atoms with Crippen LogP contribution in [0.1, 0.15) is 11.5 Å². The van der Waals surface area contributed by atoms with E-state index in [1.54, 1.807) is 39.5 Å². The third-order valence-corrected chi connectivity index (χ3v) is 5.53. The highest BCUT2D eigenvalue weighted by Crippen LogP contribution is 2.43. The minimum atomic E-state index is -0.195. The van der Waals surface area contributed by atoms with Gasteiger partial charge in [0, 0.05) is 32.7 Å². The van der Waals surface area contributed by atoms with Crippen molar-refractivity contribution in [3.8, 4) is 28.6 Å². The minimum absolute atomic E-state index is 0.195. The Hall–Kier alpha value is -3.17. The topological polar surface area (TPSA) is 73.1 Å². The second-order valence-corrected chi connectivity index (χ2v) is 7.58. The number of nitrogens with zero attached hydrogens (tertiary/aromatic N) is 4. The number of benzene rings is 2. The summed E-state index contributed by atoms with van der Waals surface area (Å²) in [4.78, 5) is 9.15. The van der Waals surface area contributed by atoms with Gasteiger partial charge in [-0.1, -0.05) is 17.3 Å². The van der Waals surface area contributed by atoms with Crippen LogP contribution in [0, 0.1) is 5.82 Å². The maximum absolute atomic E-state index is 13.4. The standard InChI is InChI=1S/C23H27FN4O4/c1-29-19-8-7-18(21(30-2)22(19)31-3)23-25-20(32-26-23)15-28-11-9-27(10-12-28)14-16-5-4-6-17(24)13-16/h4-8,13H,9-12,14-15H2,1-3H3. The summed E-state index contributed by atoms with van der Waals surface area (Å²) in [5.41, 5.74) is 1.66. The fourth-order valence-corrected chi connectivity index (χ4v) is 3.90. The molecule has 2 heterocycles. The lowest BCUT2D eigenvalue weighted by atomic mass is 10.1. The lowest BCUT2D eigenvalue weighted by Crippen LogP contribution is -2.45. The predicted molar refractivity (Wildman–Crippen MR) is 116 cm³/mol. The number of rotatable bonds is 8. The molecule has 1 aromatic heterocycles. The first kappa shape index (κ1) is 22.0. The minimum Gasteiger partial charge on any atom is -0.493 e. The third-order valence-electron chi connectivity index (χ3n) is 5.53. The highest BCUT2D eigenvalue weighted by Gasteiger charge is 2.23. The number of aromatic nitrogens is 2. The number of piperazine rings is 1. The monoisotopic (exact) mass is 442 g/mol. The molecular weight excluding hydrogens is 415 g/mol. The van der Waals surface area contributed by atoms with Gasteiger partial charge in [0.25, 0.3) is 0 Å². The number of methoxy groups -OCH3 is 3. The van der Waals surface area contributed by atoms with E-state index in [0.717, 1.165) is 38.3 Å². The van der Waals surface area contributed by atoms with Crippen LogP contribution in [0.15, 0.2) is 40.9 Å². The lowest BCUT2D eigenvalue weighted by Gasteiger charge is -2.33. The zero-order chi connectivity index (χ0) is 22.5. The van der Waals surface area contributed by atoms with E-state index in [2.05, 4.69) is 19.9 Å². The molecule has 0 radical (unpaired) electrons. The van der Waals surface area contributed by atoms with Crippen LogP contribution in [0.4, 0.5) is 4.39 Å². The van der Waals surface area contributed by atoms with Gasteiger partial charge in [-0.15, -0.1) is 0 Å². The molecule has 0 atom stereocenters. The molecule has 170 valence electrons. The van der Waals surface area contributed by atoms with Crippen molar-refractivity contribution in [1.29, 1.82) is 0 Å². The van der Waals surface area contributed by atoms with Gasteiger partial charge in [0.05, 0.1) is 33.4 Å². The van der Waals surface area contributed by atoms with Gasteiger partial charge >= 0.3 is 0 Å². The van der Waals surface area contributed by atoms with E-state index in [4.69, 9.17) is 18.7 Å². The molecule has 1 aliphatic heterocycles. The molecule has 0 spiro atoms. The predicted octanol–water partition coefficient (Wildman–Crippen LogP) is 3.22. The second kappa shape index (κ2) is 9.97. The van der Waals surface area contributed by atoms with Crippen molar-refractivity contribution in [1.82, 2.24) is 19.9 Å². The van der Waals surface area contributed by atoms with Gasteiger partial charge in [0.15, 0.2) is 11.5 Å². The molecule has 0 bridgehead atoms. The Bertz CT molecular complexity index is 1050. The second-order valence-electron chi connectivity index (χ2n) is 7.58. The molecule has 0 unspecified atom stereocenters. The Balaban J connectivity index is 1.38. The third kappa shape index (κ3) is 4.84. The zero-order valence-electron chi connectivity index (χ0n) is 18.5. The Labute approximate surface area is 186 Å². The summed E-state index contributed by atoms with van der Waals surface area (Å²) in [6.07, 6.45) is 0. The van der Waals surface area contributed by atoms with Gasteiger partial charge in [-0.25, -0.2) is 4.39 Å². The van der Waals surface area contributed by atoms with E-state index >= 15 is 0 Å². The molecule has 0 saturated carbocycles. The molecule has 3 aromatic rings. The molecular formula is C23H27FN4O4. The van der Waals surface area contributed by atoms with Gasteiger partial charge in [0.2, 0.25) is 17.5 Å². The van der Waals surface area contributed by atoms with Crippen LogP contribution in [-0.4, -0.2) is 67.4 Å². The van der Waals surface area contributed by atoms with Crippen molar-refractivity contribution >= 4 is 0 Å². The summed E-state index contributed by atoms with van der Waals surface area (Å²) >= 11 is 0. The van der Waals surface area contributed by atoms with Crippen molar-refractivity contribution in [2.45, 2.75) is 13.1 Å². The Morgan fingerprint density at radius 1 is 0.906 bits per heavy atom. The highest BCUT2D eigenvalue weighted by molar-refractivity contribution is 5.71. The molecule has 0 N–H and O–H groups in total. The number of halogens is 1. The van der Waals surface area contributed by atoms with Gasteiger partial charge in [-0.05, 0) is 29.8 Å². The molecule has 0 amide bonds. The molecule has 4 rings (SSSR count). The first-order valence-electron chi connectivity index (χ1n) is 10.4. The highest BCUT2D eigenvalue weighted by atomic mass is 19.1. The van der Waals surface area contributed by atoms with Crippen LogP contribution in [0.2, 0.25) is 0 Å². The first-order valence-corrected chi connectivity index (χ1v) is 10.4. The van der Waals surface area contributed by atoms with Crippen molar-refractivity contribution in [3.63, 3.8) is 0 Å². The van der Waals surface area contributed by atoms with Crippen molar-refractivity contribution in [3.05, 3.63) is 53.7 Å². The maximum atomic E-state index is 13.4.